The van der Waals surface area contributed by atoms with Crippen molar-refractivity contribution in [3.63, 3.8) is 0 Å². The zero-order chi connectivity index (χ0) is 18.5. The van der Waals surface area contributed by atoms with Gasteiger partial charge < -0.3 is 9.80 Å². The van der Waals surface area contributed by atoms with Crippen molar-refractivity contribution in [1.29, 1.82) is 0 Å². The van der Waals surface area contributed by atoms with Crippen molar-refractivity contribution < 1.29 is 13.2 Å². The van der Waals surface area contributed by atoms with Gasteiger partial charge in [0.1, 0.15) is 17.4 Å². The van der Waals surface area contributed by atoms with Crippen LogP contribution in [0.2, 0.25) is 0 Å². The van der Waals surface area contributed by atoms with E-state index >= 15 is 0 Å². The maximum atomic E-state index is 12.1. The van der Waals surface area contributed by atoms with Crippen molar-refractivity contribution in [1.82, 2.24) is 14.9 Å². The van der Waals surface area contributed by atoms with E-state index in [0.717, 1.165) is 17.1 Å². The van der Waals surface area contributed by atoms with Crippen LogP contribution in [0, 0.1) is 20.8 Å². The molecule has 0 aromatic carbocycles. The standard InChI is InChI=1S/C16H28N4O3S/c1-7-10-24(22,23)11-15(21)19(5)8-9-20(6)16-12(2)13(3)17-14(4)18-16/h7-11H2,1-6H3. The second-order valence-electron chi connectivity index (χ2n) is 6.13. The molecule has 0 aliphatic carbocycles. The van der Waals surface area contributed by atoms with E-state index in [1.54, 1.807) is 14.0 Å². The van der Waals surface area contributed by atoms with Crippen LogP contribution in [0.15, 0.2) is 0 Å². The average Bonchev–Trinajstić information content (AvgIpc) is 2.47. The van der Waals surface area contributed by atoms with E-state index in [2.05, 4.69) is 9.97 Å². The Morgan fingerprint density at radius 3 is 2.29 bits per heavy atom. The van der Waals surface area contributed by atoms with Gasteiger partial charge in [-0.2, -0.15) is 0 Å². The predicted octanol–water partition coefficient (Wildman–Crippen LogP) is 1.12. The summed E-state index contributed by atoms with van der Waals surface area (Å²) >= 11 is 0. The zero-order valence-electron chi connectivity index (χ0n) is 15.5. The molecule has 0 N–H and O–H groups in total. The summed E-state index contributed by atoms with van der Waals surface area (Å²) in [6.45, 7) is 8.53. The molecule has 1 amide bonds. The Hall–Kier alpha value is -1.70. The summed E-state index contributed by atoms with van der Waals surface area (Å²) in [5, 5.41) is 0. The quantitative estimate of drug-likeness (QED) is 0.694. The number of amides is 1. The molecule has 1 heterocycles. The molecule has 0 aliphatic rings. The molecule has 8 heteroatoms. The fourth-order valence-electron chi connectivity index (χ4n) is 2.33. The zero-order valence-corrected chi connectivity index (χ0v) is 16.3. The first-order valence-corrected chi connectivity index (χ1v) is 9.87. The highest BCUT2D eigenvalue weighted by atomic mass is 32.2. The largest absolute Gasteiger partial charge is 0.358 e. The Balaban J connectivity index is 2.67. The minimum atomic E-state index is -3.31. The van der Waals surface area contributed by atoms with E-state index in [0.29, 0.717) is 25.3 Å². The van der Waals surface area contributed by atoms with Crippen LogP contribution < -0.4 is 4.90 Å². The van der Waals surface area contributed by atoms with Crippen molar-refractivity contribution in [2.75, 3.05) is 43.6 Å². The maximum Gasteiger partial charge on any atom is 0.237 e. The molecule has 24 heavy (non-hydrogen) atoms. The highest BCUT2D eigenvalue weighted by Gasteiger charge is 2.19. The van der Waals surface area contributed by atoms with Gasteiger partial charge in [-0.1, -0.05) is 6.92 Å². The minimum Gasteiger partial charge on any atom is -0.358 e. The molecule has 0 spiro atoms. The summed E-state index contributed by atoms with van der Waals surface area (Å²) in [5.74, 6) is 0.787. The van der Waals surface area contributed by atoms with E-state index < -0.39 is 15.6 Å². The van der Waals surface area contributed by atoms with Gasteiger partial charge in [0.15, 0.2) is 9.84 Å². The number of hydrogen-bond acceptors (Lipinski definition) is 6. The number of nitrogens with zero attached hydrogens (tertiary/aromatic N) is 4. The van der Waals surface area contributed by atoms with Gasteiger partial charge >= 0.3 is 0 Å². The first kappa shape index (κ1) is 20.3. The second kappa shape index (κ2) is 8.41. The summed E-state index contributed by atoms with van der Waals surface area (Å²) < 4.78 is 23.5. The Morgan fingerprint density at radius 2 is 1.71 bits per heavy atom. The molecular weight excluding hydrogens is 328 g/mol. The van der Waals surface area contributed by atoms with Gasteiger partial charge in [0.2, 0.25) is 5.91 Å². The molecule has 7 nitrogen and oxygen atoms in total. The summed E-state index contributed by atoms with van der Waals surface area (Å²) in [4.78, 5) is 24.3. The Bertz CT molecular complexity index is 689. The normalized spacial score (nSPS) is 11.4. The van der Waals surface area contributed by atoms with Crippen molar-refractivity contribution in [2.24, 2.45) is 0 Å². The number of aryl methyl sites for hydroxylation is 2. The lowest BCUT2D eigenvalue weighted by Gasteiger charge is -2.24. The maximum absolute atomic E-state index is 12.1. The number of aromatic nitrogens is 2. The van der Waals surface area contributed by atoms with E-state index in [9.17, 15) is 13.2 Å². The van der Waals surface area contributed by atoms with Gasteiger partial charge in [-0.25, -0.2) is 18.4 Å². The first-order valence-electron chi connectivity index (χ1n) is 8.04. The number of anilines is 1. The van der Waals surface area contributed by atoms with Crippen LogP contribution in [0.1, 0.15) is 30.4 Å². The van der Waals surface area contributed by atoms with Gasteiger partial charge in [0.05, 0.1) is 5.75 Å². The number of sulfone groups is 1. The molecule has 0 fully saturated rings. The fraction of sp³-hybridized carbons (Fsp3) is 0.688. The van der Waals surface area contributed by atoms with Crippen molar-refractivity contribution in [3.05, 3.63) is 17.1 Å². The average molecular weight is 356 g/mol. The fourth-order valence-corrected chi connectivity index (χ4v) is 3.70. The predicted molar refractivity (Wildman–Crippen MR) is 96.1 cm³/mol. The molecule has 0 radical (unpaired) electrons. The molecule has 0 bridgehead atoms. The van der Waals surface area contributed by atoms with Crippen molar-refractivity contribution >= 4 is 21.6 Å². The van der Waals surface area contributed by atoms with Crippen LogP contribution in [0.4, 0.5) is 5.82 Å². The summed E-state index contributed by atoms with van der Waals surface area (Å²) in [5.41, 5.74) is 1.93. The first-order chi connectivity index (χ1) is 11.1. The Labute approximate surface area is 145 Å². The summed E-state index contributed by atoms with van der Waals surface area (Å²) in [6, 6.07) is 0. The van der Waals surface area contributed by atoms with E-state index in [1.165, 1.54) is 4.90 Å². The van der Waals surface area contributed by atoms with Crippen LogP contribution in [-0.4, -0.2) is 67.9 Å². The monoisotopic (exact) mass is 356 g/mol. The van der Waals surface area contributed by atoms with Crippen molar-refractivity contribution in [3.8, 4) is 0 Å². The summed E-state index contributed by atoms with van der Waals surface area (Å²) in [6.07, 6.45) is 0.522. The topological polar surface area (TPSA) is 83.5 Å². The second-order valence-corrected chi connectivity index (χ2v) is 8.32. The van der Waals surface area contributed by atoms with Crippen LogP contribution >= 0.6 is 0 Å². The van der Waals surface area contributed by atoms with Gasteiger partial charge in [0.25, 0.3) is 0 Å². The molecule has 0 saturated heterocycles. The van der Waals surface area contributed by atoms with Crippen LogP contribution in [-0.2, 0) is 14.6 Å². The summed E-state index contributed by atoms with van der Waals surface area (Å²) in [7, 11) is 0.219. The highest BCUT2D eigenvalue weighted by Crippen LogP contribution is 2.18. The van der Waals surface area contributed by atoms with Crippen LogP contribution in [0.3, 0.4) is 0 Å². The Morgan fingerprint density at radius 1 is 1.08 bits per heavy atom. The number of rotatable bonds is 8. The third-order valence-electron chi connectivity index (χ3n) is 3.89. The van der Waals surface area contributed by atoms with E-state index in [1.807, 2.05) is 32.7 Å². The lowest BCUT2D eigenvalue weighted by Crippen LogP contribution is -2.38. The minimum absolute atomic E-state index is 0.0468. The highest BCUT2D eigenvalue weighted by molar-refractivity contribution is 7.92. The molecular formula is C16H28N4O3S. The molecule has 0 atom stereocenters. The molecule has 1 rings (SSSR count). The molecule has 0 aliphatic heterocycles. The molecule has 0 unspecified atom stereocenters. The number of carbonyl (C=O) groups is 1. The SMILES string of the molecule is CCCS(=O)(=O)CC(=O)N(C)CCN(C)c1nc(C)nc(C)c1C. The van der Waals surface area contributed by atoms with Gasteiger partial charge in [-0.15, -0.1) is 0 Å². The molecule has 1 aromatic heterocycles. The van der Waals surface area contributed by atoms with E-state index in [-0.39, 0.29) is 11.7 Å². The van der Waals surface area contributed by atoms with Crippen LogP contribution in [0.25, 0.3) is 0 Å². The molecule has 1 aromatic rings. The third-order valence-corrected chi connectivity index (χ3v) is 5.61. The lowest BCUT2D eigenvalue weighted by molar-refractivity contribution is -0.127. The van der Waals surface area contributed by atoms with Crippen molar-refractivity contribution in [2.45, 2.75) is 34.1 Å². The van der Waals surface area contributed by atoms with E-state index in [4.69, 9.17) is 0 Å². The molecule has 0 saturated carbocycles. The van der Waals surface area contributed by atoms with Gasteiger partial charge in [-0.3, -0.25) is 4.79 Å². The smallest absolute Gasteiger partial charge is 0.237 e. The van der Waals surface area contributed by atoms with Crippen LogP contribution in [0.5, 0.6) is 0 Å². The third kappa shape index (κ3) is 5.74. The molecule has 136 valence electrons. The number of hydrogen-bond donors (Lipinski definition) is 0. The number of carbonyl (C=O) groups excluding carboxylic acids is 1. The number of likely N-dealkylation sites (N-methyl/N-ethyl adjacent to an activating group) is 2. The lowest BCUT2D eigenvalue weighted by atomic mass is 10.2. The van der Waals surface area contributed by atoms with Gasteiger partial charge in [0, 0.05) is 38.4 Å². The van der Waals surface area contributed by atoms with Gasteiger partial charge in [-0.05, 0) is 27.2 Å². The Kier molecular flexibility index (Phi) is 7.13.